The van der Waals surface area contributed by atoms with Gasteiger partial charge in [-0.15, -0.1) is 0 Å². The third kappa shape index (κ3) is 2.71. The fourth-order valence-electron chi connectivity index (χ4n) is 1.32. The van der Waals surface area contributed by atoms with Crippen LogP contribution in [-0.4, -0.2) is 0 Å². The van der Waals surface area contributed by atoms with Gasteiger partial charge in [-0.05, 0) is 30.3 Å². The second kappa shape index (κ2) is 4.67. The maximum atomic E-state index is 13.3. The summed E-state index contributed by atoms with van der Waals surface area (Å²) in [7, 11) is 0. The molecule has 0 aliphatic heterocycles. The van der Waals surface area contributed by atoms with E-state index in [0.29, 0.717) is 5.69 Å². The van der Waals surface area contributed by atoms with Gasteiger partial charge in [-0.1, -0.05) is 11.6 Å². The zero-order valence-corrected chi connectivity index (χ0v) is 9.23. The Labute approximate surface area is 101 Å². The molecule has 0 bridgehead atoms. The summed E-state index contributed by atoms with van der Waals surface area (Å²) in [6.45, 7) is 0. The van der Waals surface area contributed by atoms with Crippen LogP contribution in [0.4, 0.5) is 24.5 Å². The fraction of sp³-hybridized carbons (Fsp3) is 0. The topological polar surface area (TPSA) is 12.0 Å². The van der Waals surface area contributed by atoms with E-state index in [-0.39, 0.29) is 10.7 Å². The molecule has 0 aromatic heterocycles. The summed E-state index contributed by atoms with van der Waals surface area (Å²) < 4.78 is 38.9. The van der Waals surface area contributed by atoms with Gasteiger partial charge in [0.1, 0.15) is 17.5 Å². The molecule has 0 fully saturated rings. The van der Waals surface area contributed by atoms with E-state index in [0.717, 1.165) is 18.2 Å². The monoisotopic (exact) mass is 257 g/mol. The Morgan fingerprint density at radius 1 is 0.882 bits per heavy atom. The Balaban J connectivity index is 2.28. The molecule has 1 nitrogen and oxygen atoms in total. The highest BCUT2D eigenvalue weighted by atomic mass is 35.5. The average molecular weight is 258 g/mol. The average Bonchev–Trinajstić information content (AvgIpc) is 2.27. The highest BCUT2D eigenvalue weighted by Crippen LogP contribution is 2.24. The summed E-state index contributed by atoms with van der Waals surface area (Å²) in [4.78, 5) is 0. The van der Waals surface area contributed by atoms with Crippen LogP contribution in [0.25, 0.3) is 0 Å². The molecule has 0 saturated carbocycles. The van der Waals surface area contributed by atoms with Gasteiger partial charge >= 0.3 is 0 Å². The molecule has 0 unspecified atom stereocenters. The van der Waals surface area contributed by atoms with E-state index in [1.807, 2.05) is 0 Å². The van der Waals surface area contributed by atoms with Gasteiger partial charge < -0.3 is 5.32 Å². The molecular weight excluding hydrogens is 251 g/mol. The normalized spacial score (nSPS) is 10.4. The SMILES string of the molecule is Fc1ccc(Nc2ccc(F)c(Cl)c2)c(F)c1. The van der Waals surface area contributed by atoms with E-state index in [1.165, 1.54) is 18.2 Å². The largest absolute Gasteiger partial charge is 0.353 e. The Hall–Kier alpha value is -1.68. The first-order valence-corrected chi connectivity index (χ1v) is 5.11. The van der Waals surface area contributed by atoms with Crippen molar-refractivity contribution in [2.45, 2.75) is 0 Å². The third-order valence-corrected chi connectivity index (χ3v) is 2.42. The Morgan fingerprint density at radius 2 is 1.65 bits per heavy atom. The number of rotatable bonds is 2. The zero-order valence-electron chi connectivity index (χ0n) is 8.48. The van der Waals surface area contributed by atoms with Gasteiger partial charge in [-0.2, -0.15) is 0 Å². The lowest BCUT2D eigenvalue weighted by Gasteiger charge is -2.08. The van der Waals surface area contributed by atoms with E-state index in [2.05, 4.69) is 5.32 Å². The van der Waals surface area contributed by atoms with Crippen molar-refractivity contribution < 1.29 is 13.2 Å². The second-order valence-corrected chi connectivity index (χ2v) is 3.79. The van der Waals surface area contributed by atoms with Crippen molar-refractivity contribution in [1.82, 2.24) is 0 Å². The molecule has 2 rings (SSSR count). The van der Waals surface area contributed by atoms with Gasteiger partial charge in [-0.25, -0.2) is 13.2 Å². The Kier molecular flexibility index (Phi) is 3.24. The first kappa shape index (κ1) is 11.8. The minimum atomic E-state index is -0.731. The molecule has 1 N–H and O–H groups in total. The Bertz CT molecular complexity index is 557. The van der Waals surface area contributed by atoms with Gasteiger partial charge in [0.15, 0.2) is 0 Å². The number of hydrogen-bond donors (Lipinski definition) is 1. The maximum absolute atomic E-state index is 13.3. The molecule has 2 aromatic rings. The molecule has 0 aliphatic rings. The van der Waals surface area contributed by atoms with Gasteiger partial charge in [0.25, 0.3) is 0 Å². The first-order valence-electron chi connectivity index (χ1n) is 4.73. The quantitative estimate of drug-likeness (QED) is 0.835. The number of hydrogen-bond acceptors (Lipinski definition) is 1. The van der Waals surface area contributed by atoms with E-state index in [1.54, 1.807) is 0 Å². The molecule has 0 aliphatic carbocycles. The summed E-state index contributed by atoms with van der Waals surface area (Å²) in [6, 6.07) is 7.02. The lowest BCUT2D eigenvalue weighted by molar-refractivity contribution is 0.586. The van der Waals surface area contributed by atoms with Crippen LogP contribution in [0.15, 0.2) is 36.4 Å². The number of benzene rings is 2. The van der Waals surface area contributed by atoms with Crippen LogP contribution in [0, 0.1) is 17.5 Å². The highest BCUT2D eigenvalue weighted by molar-refractivity contribution is 6.31. The molecule has 0 heterocycles. The number of halogens is 4. The zero-order chi connectivity index (χ0) is 12.4. The summed E-state index contributed by atoms with van der Waals surface area (Å²) in [5.41, 5.74) is 0.510. The lowest BCUT2D eigenvalue weighted by atomic mass is 10.2. The molecule has 0 amide bonds. The van der Waals surface area contributed by atoms with Gasteiger partial charge in [0.05, 0.1) is 10.7 Å². The Morgan fingerprint density at radius 3 is 2.29 bits per heavy atom. The van der Waals surface area contributed by atoms with Crippen molar-refractivity contribution in [2.24, 2.45) is 0 Å². The molecule has 2 aromatic carbocycles. The maximum Gasteiger partial charge on any atom is 0.149 e. The minimum absolute atomic E-state index is 0.0717. The molecule has 0 radical (unpaired) electrons. The molecule has 0 atom stereocenters. The van der Waals surface area contributed by atoms with Crippen molar-refractivity contribution in [3.8, 4) is 0 Å². The van der Waals surface area contributed by atoms with Crippen LogP contribution in [-0.2, 0) is 0 Å². The van der Waals surface area contributed by atoms with Crippen molar-refractivity contribution in [3.63, 3.8) is 0 Å². The van der Waals surface area contributed by atoms with Crippen LogP contribution in [0.2, 0.25) is 5.02 Å². The highest BCUT2D eigenvalue weighted by Gasteiger charge is 2.05. The van der Waals surface area contributed by atoms with Crippen LogP contribution in [0.3, 0.4) is 0 Å². The summed E-state index contributed by atoms with van der Waals surface area (Å²) in [5.74, 6) is -1.95. The predicted molar refractivity (Wildman–Crippen MR) is 61.1 cm³/mol. The molecular formula is C12H7ClF3N. The predicted octanol–water partition coefficient (Wildman–Crippen LogP) is 4.50. The minimum Gasteiger partial charge on any atom is -0.353 e. The number of anilines is 2. The van der Waals surface area contributed by atoms with Gasteiger partial charge in [0.2, 0.25) is 0 Å². The van der Waals surface area contributed by atoms with Crippen molar-refractivity contribution in [3.05, 3.63) is 58.9 Å². The smallest absolute Gasteiger partial charge is 0.149 e. The summed E-state index contributed by atoms with van der Waals surface area (Å²) >= 11 is 5.58. The van der Waals surface area contributed by atoms with E-state index < -0.39 is 17.5 Å². The molecule has 5 heteroatoms. The third-order valence-electron chi connectivity index (χ3n) is 2.13. The van der Waals surface area contributed by atoms with Crippen LogP contribution < -0.4 is 5.32 Å². The van der Waals surface area contributed by atoms with E-state index in [9.17, 15) is 13.2 Å². The van der Waals surface area contributed by atoms with Crippen molar-refractivity contribution >= 4 is 23.0 Å². The van der Waals surface area contributed by atoms with Gasteiger partial charge in [-0.3, -0.25) is 0 Å². The van der Waals surface area contributed by atoms with E-state index in [4.69, 9.17) is 11.6 Å². The van der Waals surface area contributed by atoms with Crippen molar-refractivity contribution in [1.29, 1.82) is 0 Å². The van der Waals surface area contributed by atoms with Gasteiger partial charge in [0, 0.05) is 11.8 Å². The van der Waals surface area contributed by atoms with Crippen LogP contribution in [0.5, 0.6) is 0 Å². The molecule has 0 saturated heterocycles. The summed E-state index contributed by atoms with van der Waals surface area (Å²) in [5, 5.41) is 2.60. The second-order valence-electron chi connectivity index (χ2n) is 3.38. The van der Waals surface area contributed by atoms with Crippen LogP contribution in [0.1, 0.15) is 0 Å². The standard InChI is InChI=1S/C12H7ClF3N/c13-9-6-8(2-3-10(9)15)17-12-4-1-7(14)5-11(12)16/h1-6,17H. The fourth-order valence-corrected chi connectivity index (χ4v) is 1.50. The summed E-state index contributed by atoms with van der Waals surface area (Å²) in [6.07, 6.45) is 0. The van der Waals surface area contributed by atoms with Crippen LogP contribution >= 0.6 is 11.6 Å². The molecule has 17 heavy (non-hydrogen) atoms. The number of nitrogens with one attached hydrogen (secondary N) is 1. The van der Waals surface area contributed by atoms with E-state index >= 15 is 0 Å². The first-order chi connectivity index (χ1) is 8.06. The molecule has 0 spiro atoms. The lowest BCUT2D eigenvalue weighted by Crippen LogP contribution is -1.94. The molecule has 88 valence electrons. The van der Waals surface area contributed by atoms with Crippen molar-refractivity contribution in [2.75, 3.05) is 5.32 Å².